The van der Waals surface area contributed by atoms with Gasteiger partial charge in [0.25, 0.3) is 0 Å². The first-order valence-corrected chi connectivity index (χ1v) is 3.76. The molecule has 0 spiro atoms. The molecule has 0 unspecified atom stereocenters. The van der Waals surface area contributed by atoms with Gasteiger partial charge in [-0.3, -0.25) is 4.79 Å². The third-order valence-electron chi connectivity index (χ3n) is 1.97. The highest BCUT2D eigenvalue weighted by Gasteiger charge is 2.25. The molecule has 0 fully saturated rings. The molecule has 0 aromatic carbocycles. The lowest BCUT2D eigenvalue weighted by atomic mass is 9.90. The lowest BCUT2D eigenvalue weighted by molar-refractivity contribution is -0.146. The summed E-state index contributed by atoms with van der Waals surface area (Å²) in [5.41, 5.74) is 5.67. The van der Waals surface area contributed by atoms with Crippen molar-refractivity contribution in [1.29, 1.82) is 0 Å². The third kappa shape index (κ3) is 1.80. The first-order chi connectivity index (χ1) is 5.25. The molecule has 3 nitrogen and oxygen atoms in total. The minimum Gasteiger partial charge on any atom is -0.469 e. The lowest BCUT2D eigenvalue weighted by Gasteiger charge is -2.21. The third-order valence-corrected chi connectivity index (χ3v) is 1.97. The second-order valence-electron chi connectivity index (χ2n) is 2.71. The molecule has 1 aliphatic carbocycles. The summed E-state index contributed by atoms with van der Waals surface area (Å²) in [5, 5.41) is 0. The van der Waals surface area contributed by atoms with Gasteiger partial charge in [-0.15, -0.1) is 0 Å². The Morgan fingerprint density at radius 1 is 1.73 bits per heavy atom. The normalized spacial score (nSPS) is 30.0. The number of hydrogen-bond donors (Lipinski definition) is 1. The van der Waals surface area contributed by atoms with E-state index in [1.807, 2.05) is 12.2 Å². The molecule has 1 aliphatic rings. The molecule has 0 heterocycles. The molecule has 11 heavy (non-hydrogen) atoms. The van der Waals surface area contributed by atoms with Crippen LogP contribution >= 0.6 is 0 Å². The Morgan fingerprint density at radius 3 is 3.00 bits per heavy atom. The van der Waals surface area contributed by atoms with E-state index in [-0.39, 0.29) is 17.9 Å². The largest absolute Gasteiger partial charge is 0.469 e. The maximum atomic E-state index is 11.0. The van der Waals surface area contributed by atoms with Gasteiger partial charge in [0, 0.05) is 6.04 Å². The van der Waals surface area contributed by atoms with Gasteiger partial charge in [-0.25, -0.2) is 0 Å². The Hall–Kier alpha value is -0.830. The summed E-state index contributed by atoms with van der Waals surface area (Å²) in [6.45, 7) is 0. The Labute approximate surface area is 66.2 Å². The van der Waals surface area contributed by atoms with Crippen molar-refractivity contribution in [1.82, 2.24) is 0 Å². The van der Waals surface area contributed by atoms with Crippen molar-refractivity contribution in [3.05, 3.63) is 12.2 Å². The fourth-order valence-electron chi connectivity index (χ4n) is 1.28. The van der Waals surface area contributed by atoms with Crippen molar-refractivity contribution >= 4 is 5.97 Å². The number of rotatable bonds is 1. The zero-order chi connectivity index (χ0) is 8.27. The van der Waals surface area contributed by atoms with Crippen LogP contribution in [-0.2, 0) is 9.53 Å². The maximum absolute atomic E-state index is 11.0. The van der Waals surface area contributed by atoms with Crippen LogP contribution < -0.4 is 5.73 Å². The fraction of sp³-hybridized carbons (Fsp3) is 0.625. The van der Waals surface area contributed by atoms with Crippen LogP contribution in [0.5, 0.6) is 0 Å². The summed E-state index contributed by atoms with van der Waals surface area (Å²) in [4.78, 5) is 11.0. The molecule has 1 rings (SSSR count). The minimum atomic E-state index is -0.193. The predicted molar refractivity (Wildman–Crippen MR) is 41.9 cm³/mol. The molecular formula is C8H13NO2. The number of methoxy groups -OCH3 is 1. The van der Waals surface area contributed by atoms with E-state index in [1.165, 1.54) is 7.11 Å². The van der Waals surface area contributed by atoms with Crippen LogP contribution in [0, 0.1) is 5.92 Å². The molecule has 2 atom stereocenters. The zero-order valence-electron chi connectivity index (χ0n) is 6.62. The van der Waals surface area contributed by atoms with E-state index in [1.54, 1.807) is 0 Å². The van der Waals surface area contributed by atoms with Crippen molar-refractivity contribution in [2.24, 2.45) is 11.7 Å². The Kier molecular flexibility index (Phi) is 2.65. The van der Waals surface area contributed by atoms with Gasteiger partial charge >= 0.3 is 5.97 Å². The van der Waals surface area contributed by atoms with Crippen LogP contribution in [0.15, 0.2) is 12.2 Å². The van der Waals surface area contributed by atoms with E-state index in [2.05, 4.69) is 4.74 Å². The van der Waals surface area contributed by atoms with Crippen molar-refractivity contribution < 1.29 is 9.53 Å². The van der Waals surface area contributed by atoms with Crippen LogP contribution in [0.3, 0.4) is 0 Å². The average Bonchev–Trinajstić information content (AvgIpc) is 2.04. The average molecular weight is 155 g/mol. The Bertz CT molecular complexity index is 177. The van der Waals surface area contributed by atoms with Gasteiger partial charge in [0.1, 0.15) is 0 Å². The van der Waals surface area contributed by atoms with E-state index in [9.17, 15) is 4.79 Å². The quantitative estimate of drug-likeness (QED) is 0.442. The summed E-state index contributed by atoms with van der Waals surface area (Å²) in [5.74, 6) is -0.327. The maximum Gasteiger partial charge on any atom is 0.310 e. The zero-order valence-corrected chi connectivity index (χ0v) is 6.62. The highest BCUT2D eigenvalue weighted by Crippen LogP contribution is 2.18. The highest BCUT2D eigenvalue weighted by molar-refractivity contribution is 5.73. The molecule has 0 radical (unpaired) electrons. The van der Waals surface area contributed by atoms with Crippen LogP contribution in [0.4, 0.5) is 0 Å². The molecular weight excluding hydrogens is 142 g/mol. The SMILES string of the molecule is COC(=O)[C@@H]1CCC=C[C@H]1N. The Balaban J connectivity index is 2.57. The number of ether oxygens (including phenoxy) is 1. The van der Waals surface area contributed by atoms with Crippen LogP contribution in [0.1, 0.15) is 12.8 Å². The van der Waals surface area contributed by atoms with E-state index in [4.69, 9.17) is 5.73 Å². The van der Waals surface area contributed by atoms with Crippen molar-refractivity contribution in [2.75, 3.05) is 7.11 Å². The van der Waals surface area contributed by atoms with Gasteiger partial charge in [-0.1, -0.05) is 12.2 Å². The number of esters is 1. The molecule has 3 heteroatoms. The van der Waals surface area contributed by atoms with Crippen LogP contribution in [-0.4, -0.2) is 19.1 Å². The van der Waals surface area contributed by atoms with Crippen molar-refractivity contribution in [2.45, 2.75) is 18.9 Å². The molecule has 0 amide bonds. The van der Waals surface area contributed by atoms with Gasteiger partial charge in [0.15, 0.2) is 0 Å². The summed E-state index contributed by atoms with van der Waals surface area (Å²) in [7, 11) is 1.40. The van der Waals surface area contributed by atoms with Gasteiger partial charge in [-0.2, -0.15) is 0 Å². The number of nitrogens with two attached hydrogens (primary N) is 1. The standard InChI is InChI=1S/C8H13NO2/c1-11-8(10)6-4-2-3-5-7(6)9/h3,5-7H,2,4,9H2,1H3/t6-,7-/m1/s1. The number of carbonyl (C=O) groups is 1. The number of carbonyl (C=O) groups excluding carboxylic acids is 1. The van der Waals surface area contributed by atoms with Gasteiger partial charge in [0.2, 0.25) is 0 Å². The fourth-order valence-corrected chi connectivity index (χ4v) is 1.28. The molecule has 62 valence electrons. The van der Waals surface area contributed by atoms with E-state index >= 15 is 0 Å². The first kappa shape index (κ1) is 8.27. The lowest BCUT2D eigenvalue weighted by Crippen LogP contribution is -2.36. The second kappa shape index (κ2) is 3.53. The molecule has 0 bridgehead atoms. The Morgan fingerprint density at radius 2 is 2.45 bits per heavy atom. The van der Waals surface area contributed by atoms with Gasteiger partial charge < -0.3 is 10.5 Å². The number of allylic oxidation sites excluding steroid dienone is 1. The molecule has 0 aromatic rings. The van der Waals surface area contributed by atoms with E-state index in [0.717, 1.165) is 12.8 Å². The first-order valence-electron chi connectivity index (χ1n) is 3.76. The topological polar surface area (TPSA) is 52.3 Å². The molecule has 2 N–H and O–H groups in total. The second-order valence-corrected chi connectivity index (χ2v) is 2.71. The summed E-state index contributed by atoms with van der Waals surface area (Å²) in [6, 6.07) is -0.156. The highest BCUT2D eigenvalue weighted by atomic mass is 16.5. The monoisotopic (exact) mass is 155 g/mol. The minimum absolute atomic E-state index is 0.134. The molecule has 0 aliphatic heterocycles. The molecule has 0 saturated heterocycles. The summed E-state index contributed by atoms with van der Waals surface area (Å²) < 4.78 is 4.61. The number of hydrogen-bond acceptors (Lipinski definition) is 3. The van der Waals surface area contributed by atoms with E-state index < -0.39 is 0 Å². The van der Waals surface area contributed by atoms with Gasteiger partial charge in [-0.05, 0) is 12.8 Å². The van der Waals surface area contributed by atoms with E-state index in [0.29, 0.717) is 0 Å². The molecule has 0 saturated carbocycles. The molecule has 0 aromatic heterocycles. The predicted octanol–water partition coefficient (Wildman–Crippen LogP) is 0.453. The summed E-state index contributed by atoms with van der Waals surface area (Å²) in [6.07, 6.45) is 5.60. The van der Waals surface area contributed by atoms with Crippen LogP contribution in [0.2, 0.25) is 0 Å². The summed E-state index contributed by atoms with van der Waals surface area (Å²) >= 11 is 0. The van der Waals surface area contributed by atoms with Crippen LogP contribution in [0.25, 0.3) is 0 Å². The van der Waals surface area contributed by atoms with Gasteiger partial charge in [0.05, 0.1) is 13.0 Å². The van der Waals surface area contributed by atoms with Crippen molar-refractivity contribution in [3.8, 4) is 0 Å². The van der Waals surface area contributed by atoms with Crippen molar-refractivity contribution in [3.63, 3.8) is 0 Å². The smallest absolute Gasteiger partial charge is 0.310 e.